The molecule has 0 fully saturated rings. The molecule has 1 aromatic rings. The van der Waals surface area contributed by atoms with E-state index in [1.165, 1.54) is 0 Å². The van der Waals surface area contributed by atoms with E-state index in [0.717, 1.165) is 5.56 Å². The fourth-order valence-corrected chi connectivity index (χ4v) is 1.38. The third-order valence-electron chi connectivity index (χ3n) is 2.30. The highest BCUT2D eigenvalue weighted by Crippen LogP contribution is 2.12. The molecule has 0 saturated heterocycles. The molecule has 0 saturated carbocycles. The Labute approximate surface area is 101 Å². The number of nitrogens with zero attached hydrogens (tertiary/aromatic N) is 1. The Hall–Kier alpha value is -2.08. The second kappa shape index (κ2) is 6.49. The van der Waals surface area contributed by atoms with Crippen molar-refractivity contribution in [1.82, 2.24) is 0 Å². The average molecular weight is 229 g/mol. The first kappa shape index (κ1) is 13.0. The Morgan fingerprint density at radius 1 is 1.35 bits per heavy atom. The summed E-state index contributed by atoms with van der Waals surface area (Å²) in [6.45, 7) is 4.07. The molecular formula is C14H15NO2. The molecule has 1 rings (SSSR count). The number of rotatable bonds is 4. The van der Waals surface area contributed by atoms with Gasteiger partial charge in [-0.25, -0.2) is 4.79 Å². The van der Waals surface area contributed by atoms with Crippen LogP contribution in [0.25, 0.3) is 6.08 Å². The quantitative estimate of drug-likeness (QED) is 0.589. The van der Waals surface area contributed by atoms with Gasteiger partial charge in [0.1, 0.15) is 0 Å². The molecule has 0 bridgehead atoms. The van der Waals surface area contributed by atoms with Gasteiger partial charge in [0.05, 0.1) is 18.2 Å². The first-order valence-electron chi connectivity index (χ1n) is 5.59. The van der Waals surface area contributed by atoms with Gasteiger partial charge in [0, 0.05) is 5.57 Å². The van der Waals surface area contributed by atoms with Gasteiger partial charge in [-0.05, 0) is 37.1 Å². The van der Waals surface area contributed by atoms with E-state index in [1.807, 2.05) is 19.1 Å². The summed E-state index contributed by atoms with van der Waals surface area (Å²) in [4.78, 5) is 11.6. The summed E-state index contributed by atoms with van der Waals surface area (Å²) >= 11 is 0. The Balaban J connectivity index is 2.90. The zero-order valence-corrected chi connectivity index (χ0v) is 10.1. The minimum absolute atomic E-state index is 0.278. The van der Waals surface area contributed by atoms with E-state index in [9.17, 15) is 4.79 Å². The lowest BCUT2D eigenvalue weighted by Crippen LogP contribution is -2.06. The van der Waals surface area contributed by atoms with Gasteiger partial charge in [0.25, 0.3) is 0 Å². The van der Waals surface area contributed by atoms with Crippen molar-refractivity contribution in [3.05, 3.63) is 41.0 Å². The molecule has 0 spiro atoms. The smallest absolute Gasteiger partial charge is 0.333 e. The van der Waals surface area contributed by atoms with E-state index < -0.39 is 0 Å². The predicted octanol–water partition coefficient (Wildman–Crippen LogP) is 2.91. The summed E-state index contributed by atoms with van der Waals surface area (Å²) in [7, 11) is 0. The maximum atomic E-state index is 11.6. The van der Waals surface area contributed by atoms with Gasteiger partial charge in [-0.1, -0.05) is 19.1 Å². The molecule has 0 aliphatic rings. The van der Waals surface area contributed by atoms with Crippen molar-refractivity contribution in [2.24, 2.45) is 0 Å². The minimum Gasteiger partial charge on any atom is -0.463 e. The molecule has 3 nitrogen and oxygen atoms in total. The van der Waals surface area contributed by atoms with Crippen molar-refractivity contribution in [3.8, 4) is 6.07 Å². The Morgan fingerprint density at radius 3 is 2.47 bits per heavy atom. The van der Waals surface area contributed by atoms with Gasteiger partial charge in [-0.15, -0.1) is 0 Å². The lowest BCUT2D eigenvalue weighted by Gasteiger charge is -2.04. The van der Waals surface area contributed by atoms with Gasteiger partial charge >= 0.3 is 5.97 Å². The molecular weight excluding hydrogens is 214 g/mol. The summed E-state index contributed by atoms with van der Waals surface area (Å²) in [5.74, 6) is -0.278. The fraction of sp³-hybridized carbons (Fsp3) is 0.286. The van der Waals surface area contributed by atoms with Crippen LogP contribution in [-0.4, -0.2) is 12.6 Å². The molecule has 0 unspecified atom stereocenters. The van der Waals surface area contributed by atoms with Crippen LogP contribution in [0.4, 0.5) is 0 Å². The number of ether oxygens (including phenoxy) is 1. The largest absolute Gasteiger partial charge is 0.463 e. The summed E-state index contributed by atoms with van der Waals surface area (Å²) in [5.41, 5.74) is 2.14. The third kappa shape index (κ3) is 3.76. The molecule has 88 valence electrons. The van der Waals surface area contributed by atoms with Crippen molar-refractivity contribution in [3.63, 3.8) is 0 Å². The summed E-state index contributed by atoms with van der Waals surface area (Å²) in [6.07, 6.45) is 2.41. The van der Waals surface area contributed by atoms with Crippen LogP contribution in [0.2, 0.25) is 0 Å². The topological polar surface area (TPSA) is 50.1 Å². The highest BCUT2D eigenvalue weighted by Gasteiger charge is 2.07. The Bertz CT molecular complexity index is 452. The Kier molecular flexibility index (Phi) is 4.96. The number of nitriles is 1. The molecule has 0 atom stereocenters. The van der Waals surface area contributed by atoms with Crippen LogP contribution < -0.4 is 0 Å². The van der Waals surface area contributed by atoms with E-state index >= 15 is 0 Å². The first-order valence-corrected chi connectivity index (χ1v) is 5.59. The third-order valence-corrected chi connectivity index (χ3v) is 2.30. The van der Waals surface area contributed by atoms with Crippen LogP contribution in [-0.2, 0) is 9.53 Å². The number of esters is 1. The predicted molar refractivity (Wildman–Crippen MR) is 66.1 cm³/mol. The van der Waals surface area contributed by atoms with Crippen LogP contribution in [0.3, 0.4) is 0 Å². The van der Waals surface area contributed by atoms with Gasteiger partial charge in [0.2, 0.25) is 0 Å². The number of benzene rings is 1. The molecule has 0 aliphatic carbocycles. The van der Waals surface area contributed by atoms with Crippen LogP contribution in [0, 0.1) is 11.3 Å². The van der Waals surface area contributed by atoms with Crippen LogP contribution in [0.15, 0.2) is 29.8 Å². The normalized spacial score (nSPS) is 10.8. The summed E-state index contributed by atoms with van der Waals surface area (Å²) in [5, 5.41) is 8.68. The van der Waals surface area contributed by atoms with E-state index in [1.54, 1.807) is 25.1 Å². The van der Waals surface area contributed by atoms with Gasteiger partial charge < -0.3 is 4.74 Å². The number of carbonyl (C=O) groups is 1. The maximum absolute atomic E-state index is 11.6. The highest BCUT2D eigenvalue weighted by molar-refractivity contribution is 5.93. The molecule has 1 aromatic carbocycles. The summed E-state index contributed by atoms with van der Waals surface area (Å²) < 4.78 is 4.95. The van der Waals surface area contributed by atoms with Crippen molar-refractivity contribution >= 4 is 12.0 Å². The highest BCUT2D eigenvalue weighted by atomic mass is 16.5. The zero-order valence-electron chi connectivity index (χ0n) is 10.1. The summed E-state index contributed by atoms with van der Waals surface area (Å²) in [6, 6.07) is 9.13. The van der Waals surface area contributed by atoms with E-state index in [0.29, 0.717) is 24.2 Å². The molecule has 0 aliphatic heterocycles. The first-order chi connectivity index (χ1) is 8.21. The molecule has 0 radical (unpaired) electrons. The van der Waals surface area contributed by atoms with E-state index in [2.05, 4.69) is 6.07 Å². The maximum Gasteiger partial charge on any atom is 0.333 e. The number of carbonyl (C=O) groups excluding carboxylic acids is 1. The lowest BCUT2D eigenvalue weighted by atomic mass is 10.1. The minimum atomic E-state index is -0.278. The van der Waals surface area contributed by atoms with Gasteiger partial charge in [-0.3, -0.25) is 0 Å². The molecule has 17 heavy (non-hydrogen) atoms. The lowest BCUT2D eigenvalue weighted by molar-refractivity contribution is -0.138. The van der Waals surface area contributed by atoms with E-state index in [4.69, 9.17) is 10.00 Å². The van der Waals surface area contributed by atoms with Crippen molar-refractivity contribution in [2.75, 3.05) is 6.61 Å². The van der Waals surface area contributed by atoms with Crippen molar-refractivity contribution in [2.45, 2.75) is 20.3 Å². The molecule has 3 heteroatoms. The standard InChI is InChI=1S/C14H15NO2/c1-3-13(14(16)17-4-2)9-11-5-7-12(10-15)8-6-11/h5-9H,3-4H2,1-2H3/b13-9+. The zero-order chi connectivity index (χ0) is 12.7. The molecule has 0 aromatic heterocycles. The van der Waals surface area contributed by atoms with Crippen molar-refractivity contribution < 1.29 is 9.53 Å². The SMILES string of the molecule is CCOC(=O)/C(=C/c1ccc(C#N)cc1)CC. The van der Waals surface area contributed by atoms with Crippen LogP contribution >= 0.6 is 0 Å². The second-order valence-electron chi connectivity index (χ2n) is 3.48. The number of hydrogen-bond acceptors (Lipinski definition) is 3. The fourth-order valence-electron chi connectivity index (χ4n) is 1.38. The average Bonchev–Trinajstić information content (AvgIpc) is 2.37. The van der Waals surface area contributed by atoms with Gasteiger partial charge in [-0.2, -0.15) is 5.26 Å². The van der Waals surface area contributed by atoms with Crippen LogP contribution in [0.5, 0.6) is 0 Å². The number of hydrogen-bond donors (Lipinski definition) is 0. The molecule has 0 heterocycles. The monoisotopic (exact) mass is 229 g/mol. The van der Waals surface area contributed by atoms with Crippen molar-refractivity contribution in [1.29, 1.82) is 5.26 Å². The molecule has 0 N–H and O–H groups in total. The van der Waals surface area contributed by atoms with E-state index in [-0.39, 0.29) is 5.97 Å². The second-order valence-corrected chi connectivity index (χ2v) is 3.48. The van der Waals surface area contributed by atoms with Crippen LogP contribution in [0.1, 0.15) is 31.4 Å². The molecule has 0 amide bonds. The van der Waals surface area contributed by atoms with Gasteiger partial charge in [0.15, 0.2) is 0 Å². The Morgan fingerprint density at radius 2 is 2.00 bits per heavy atom.